The number of rotatable bonds is 8. The van der Waals surface area contributed by atoms with Crippen LogP contribution in [0.5, 0.6) is 0 Å². The standard InChI is InChI=1S/C41H70O3Si2/c1-28(2)39(9,10)46(15,16)43-31-26-30-19-20-32-34-22-21-33(40(34,11)25-23-35(32)41(30,12)36(42)27-31)29(3)18-17-24-38(7,8)44-45(13,14)37(4,5)6/h19-21,28-29,31,34-36,42H,18,22-23,25-27H2,1-16H3/t29-,31-,34+,35+,36+,40-,41+/m1/s1. The van der Waals surface area contributed by atoms with Gasteiger partial charge in [-0.3, -0.25) is 0 Å². The van der Waals surface area contributed by atoms with Crippen molar-refractivity contribution in [3.8, 4) is 11.8 Å². The fraction of sp³-hybridized carbons (Fsp3) is 0.805. The molecule has 0 bridgehead atoms. The molecule has 4 aliphatic rings. The molecule has 0 spiro atoms. The highest BCUT2D eigenvalue weighted by Crippen LogP contribution is 2.65. The van der Waals surface area contributed by atoms with Crippen molar-refractivity contribution in [3.05, 3.63) is 34.9 Å². The van der Waals surface area contributed by atoms with Crippen molar-refractivity contribution in [2.75, 3.05) is 0 Å². The molecule has 260 valence electrons. The Morgan fingerprint density at radius 3 is 2.17 bits per heavy atom. The van der Waals surface area contributed by atoms with Gasteiger partial charge >= 0.3 is 0 Å². The van der Waals surface area contributed by atoms with Crippen LogP contribution in [0, 0.1) is 46.3 Å². The highest BCUT2D eigenvalue weighted by atomic mass is 28.4. The minimum atomic E-state index is -1.99. The largest absolute Gasteiger partial charge is 0.413 e. The van der Waals surface area contributed by atoms with E-state index in [0.717, 1.165) is 32.1 Å². The van der Waals surface area contributed by atoms with Gasteiger partial charge in [-0.1, -0.05) is 116 Å². The van der Waals surface area contributed by atoms with Crippen LogP contribution in [0.2, 0.25) is 36.3 Å². The van der Waals surface area contributed by atoms with Gasteiger partial charge in [0.15, 0.2) is 16.6 Å². The number of allylic oxidation sites excluding steroid dienone is 5. The molecule has 0 saturated heterocycles. The Kier molecular flexibility index (Phi) is 10.3. The van der Waals surface area contributed by atoms with Crippen molar-refractivity contribution in [3.63, 3.8) is 0 Å². The maximum Gasteiger partial charge on any atom is 0.194 e. The number of hydrogen-bond acceptors (Lipinski definition) is 3. The van der Waals surface area contributed by atoms with Gasteiger partial charge in [-0.05, 0) is 111 Å². The molecule has 0 radical (unpaired) electrons. The molecule has 7 atom stereocenters. The van der Waals surface area contributed by atoms with Gasteiger partial charge in [0.2, 0.25) is 0 Å². The third kappa shape index (κ3) is 6.66. The molecule has 0 amide bonds. The lowest BCUT2D eigenvalue weighted by Gasteiger charge is -2.57. The smallest absolute Gasteiger partial charge is 0.194 e. The lowest BCUT2D eigenvalue weighted by Crippen LogP contribution is -2.55. The molecule has 0 heterocycles. The van der Waals surface area contributed by atoms with Crippen molar-refractivity contribution in [2.24, 2.45) is 34.5 Å². The SMILES string of the molecule is CC(C)C(C)(C)[Si](C)(C)O[C@@H]1CC2=CC=C3[C@H](CC[C@]4(C)C([C@H](C)CC#CC(C)(C)O[Si](C)(C)C(C)(C)C)=CC[C@@H]34)[C@@]2(C)[C@@H](O)C1. The lowest BCUT2D eigenvalue weighted by molar-refractivity contribution is -0.0466. The van der Waals surface area contributed by atoms with Gasteiger partial charge in [0, 0.05) is 11.8 Å². The van der Waals surface area contributed by atoms with E-state index < -0.39 is 22.2 Å². The zero-order valence-corrected chi connectivity index (χ0v) is 34.7. The Morgan fingerprint density at radius 2 is 1.59 bits per heavy atom. The molecule has 0 aromatic rings. The summed E-state index contributed by atoms with van der Waals surface area (Å²) in [5.74, 6) is 9.02. The van der Waals surface area contributed by atoms with Gasteiger partial charge in [0.1, 0.15) is 5.60 Å². The normalized spacial score (nSPS) is 32.8. The summed E-state index contributed by atoms with van der Waals surface area (Å²) in [6.07, 6.45) is 13.2. The predicted octanol–water partition coefficient (Wildman–Crippen LogP) is 11.2. The topological polar surface area (TPSA) is 38.7 Å². The second-order valence-corrected chi connectivity index (χ2v) is 28.7. The zero-order valence-electron chi connectivity index (χ0n) is 32.7. The first kappa shape index (κ1) is 37.9. The average molecular weight is 667 g/mol. The highest BCUT2D eigenvalue weighted by molar-refractivity contribution is 6.74. The quantitative estimate of drug-likeness (QED) is 0.159. The second kappa shape index (κ2) is 12.5. The Morgan fingerprint density at radius 1 is 0.957 bits per heavy atom. The number of aliphatic hydroxyl groups is 1. The van der Waals surface area contributed by atoms with Crippen molar-refractivity contribution in [1.82, 2.24) is 0 Å². The van der Waals surface area contributed by atoms with Crippen LogP contribution < -0.4 is 0 Å². The second-order valence-electron chi connectivity index (χ2n) is 19.5. The van der Waals surface area contributed by atoms with E-state index in [4.69, 9.17) is 8.85 Å². The minimum Gasteiger partial charge on any atom is -0.413 e. The summed E-state index contributed by atoms with van der Waals surface area (Å²) in [4.78, 5) is 0. The van der Waals surface area contributed by atoms with Crippen molar-refractivity contribution in [2.45, 2.75) is 176 Å². The van der Waals surface area contributed by atoms with Crippen LogP contribution in [0.3, 0.4) is 0 Å². The maximum atomic E-state index is 11.9. The van der Waals surface area contributed by atoms with Gasteiger partial charge in [0.05, 0.1) is 12.2 Å². The van der Waals surface area contributed by atoms with Crippen LogP contribution in [0.1, 0.15) is 122 Å². The van der Waals surface area contributed by atoms with Crippen LogP contribution in [-0.4, -0.2) is 39.6 Å². The Labute approximate surface area is 286 Å². The number of fused-ring (bicyclic) bond motifs is 5. The summed E-state index contributed by atoms with van der Waals surface area (Å²) >= 11 is 0. The third-order valence-corrected chi connectivity index (χ3v) is 23.6. The van der Waals surface area contributed by atoms with E-state index in [1.807, 2.05) is 0 Å². The fourth-order valence-corrected chi connectivity index (χ4v) is 13.5. The van der Waals surface area contributed by atoms with Crippen molar-refractivity contribution in [1.29, 1.82) is 0 Å². The van der Waals surface area contributed by atoms with Gasteiger partial charge in [-0.25, -0.2) is 0 Å². The van der Waals surface area contributed by atoms with E-state index in [9.17, 15) is 5.11 Å². The van der Waals surface area contributed by atoms with E-state index in [1.165, 1.54) is 12.0 Å². The summed E-state index contributed by atoms with van der Waals surface area (Å²) in [5.41, 5.74) is 4.14. The van der Waals surface area contributed by atoms with Gasteiger partial charge in [0.25, 0.3) is 0 Å². The zero-order chi connectivity index (χ0) is 34.9. The van der Waals surface area contributed by atoms with E-state index in [2.05, 4.69) is 139 Å². The number of hydrogen-bond donors (Lipinski definition) is 1. The number of aliphatic hydroxyl groups excluding tert-OH is 1. The molecular weight excluding hydrogens is 597 g/mol. The van der Waals surface area contributed by atoms with Gasteiger partial charge in [-0.2, -0.15) is 0 Å². The van der Waals surface area contributed by atoms with Crippen LogP contribution in [-0.2, 0) is 8.85 Å². The first-order valence-electron chi connectivity index (χ1n) is 18.5. The minimum absolute atomic E-state index is 0.108. The molecule has 4 aliphatic carbocycles. The summed E-state index contributed by atoms with van der Waals surface area (Å²) in [7, 11) is -3.88. The van der Waals surface area contributed by atoms with Crippen LogP contribution in [0.4, 0.5) is 0 Å². The molecule has 0 aliphatic heterocycles. The molecule has 0 aromatic heterocycles. The van der Waals surface area contributed by atoms with Crippen molar-refractivity contribution >= 4 is 16.6 Å². The Bertz CT molecular complexity index is 1310. The van der Waals surface area contributed by atoms with E-state index in [0.29, 0.717) is 23.7 Å². The maximum absolute atomic E-state index is 11.9. The van der Waals surface area contributed by atoms with Crippen LogP contribution >= 0.6 is 0 Å². The van der Waals surface area contributed by atoms with E-state index in [1.54, 1.807) is 11.1 Å². The Hall–Kier alpha value is -0.906. The monoisotopic (exact) mass is 666 g/mol. The molecule has 0 aromatic carbocycles. The van der Waals surface area contributed by atoms with Gasteiger partial charge < -0.3 is 14.0 Å². The molecule has 5 heteroatoms. The molecule has 46 heavy (non-hydrogen) atoms. The molecule has 0 unspecified atom stereocenters. The third-order valence-electron chi connectivity index (χ3n) is 14.4. The lowest BCUT2D eigenvalue weighted by atomic mass is 9.49. The average Bonchev–Trinajstić information content (AvgIpc) is 3.25. The summed E-state index contributed by atoms with van der Waals surface area (Å²) in [5, 5.41) is 12.3. The van der Waals surface area contributed by atoms with E-state index >= 15 is 0 Å². The first-order chi connectivity index (χ1) is 20.8. The molecule has 2 fully saturated rings. The van der Waals surface area contributed by atoms with Crippen molar-refractivity contribution < 1.29 is 14.0 Å². The molecule has 2 saturated carbocycles. The van der Waals surface area contributed by atoms with Gasteiger partial charge in [-0.15, -0.1) is 0 Å². The highest BCUT2D eigenvalue weighted by Gasteiger charge is 2.58. The fourth-order valence-electron chi connectivity index (χ4n) is 9.11. The first-order valence-corrected chi connectivity index (χ1v) is 24.3. The predicted molar refractivity (Wildman–Crippen MR) is 202 cm³/mol. The molecule has 4 rings (SSSR count). The summed E-state index contributed by atoms with van der Waals surface area (Å²) in [6.45, 7) is 37.2. The van der Waals surface area contributed by atoms with Crippen LogP contribution in [0.25, 0.3) is 0 Å². The summed E-state index contributed by atoms with van der Waals surface area (Å²) < 4.78 is 13.7. The Balaban J connectivity index is 1.49. The van der Waals surface area contributed by atoms with E-state index in [-0.39, 0.29) is 33.1 Å². The molecular formula is C41H70O3Si2. The molecule has 3 nitrogen and oxygen atoms in total. The summed E-state index contributed by atoms with van der Waals surface area (Å²) in [6, 6.07) is 0. The molecule has 1 N–H and O–H groups in total. The van der Waals surface area contributed by atoms with Crippen LogP contribution in [0.15, 0.2) is 34.9 Å².